The molecule has 5 nitrogen and oxygen atoms in total. The second-order valence-corrected chi connectivity index (χ2v) is 5.37. The number of hydrogen-bond acceptors (Lipinski definition) is 4. The highest BCUT2D eigenvalue weighted by atomic mass is 35.5. The highest BCUT2D eigenvalue weighted by Gasteiger charge is 2.14. The molecule has 0 aromatic heterocycles. The van der Waals surface area contributed by atoms with E-state index in [0.717, 1.165) is 11.6 Å². The molecule has 0 aliphatic heterocycles. The summed E-state index contributed by atoms with van der Waals surface area (Å²) in [6, 6.07) is 8.69. The molecule has 0 aliphatic rings. The van der Waals surface area contributed by atoms with Gasteiger partial charge < -0.3 is 14.8 Å². The number of amides is 1. The fraction of sp³-hybridized carbons (Fsp3) is 0.176. The minimum atomic E-state index is -0.811. The van der Waals surface area contributed by atoms with Crippen molar-refractivity contribution in [3.63, 3.8) is 0 Å². The van der Waals surface area contributed by atoms with Crippen LogP contribution in [-0.4, -0.2) is 25.6 Å². The second-order valence-electron chi connectivity index (χ2n) is 4.93. The Hall–Kier alpha value is -2.60. The van der Waals surface area contributed by atoms with Gasteiger partial charge in [-0.1, -0.05) is 17.7 Å². The van der Waals surface area contributed by atoms with Gasteiger partial charge in [0.15, 0.2) is 18.2 Å². The van der Waals surface area contributed by atoms with Crippen molar-refractivity contribution in [2.75, 3.05) is 19.0 Å². The molecule has 0 aliphatic carbocycles. The number of carbonyl (C=O) groups excluding carboxylic acids is 2. The Morgan fingerprint density at radius 3 is 2.62 bits per heavy atom. The highest BCUT2D eigenvalue weighted by Crippen LogP contribution is 2.20. The van der Waals surface area contributed by atoms with E-state index in [2.05, 4.69) is 5.32 Å². The zero-order valence-corrected chi connectivity index (χ0v) is 13.8. The molecule has 0 heterocycles. The molecule has 0 saturated heterocycles. The van der Waals surface area contributed by atoms with E-state index >= 15 is 0 Å². The number of esters is 1. The van der Waals surface area contributed by atoms with Crippen molar-refractivity contribution in [3.8, 4) is 5.75 Å². The Morgan fingerprint density at radius 2 is 1.96 bits per heavy atom. The van der Waals surface area contributed by atoms with Crippen molar-refractivity contribution in [3.05, 3.63) is 58.4 Å². The SMILES string of the molecule is COc1ccc(C(=O)OCC(=O)Nc2cc(Cl)ccc2C)cc1F. The predicted molar refractivity (Wildman–Crippen MR) is 88.1 cm³/mol. The van der Waals surface area contributed by atoms with Gasteiger partial charge in [-0.2, -0.15) is 0 Å². The van der Waals surface area contributed by atoms with E-state index in [9.17, 15) is 14.0 Å². The fourth-order valence-corrected chi connectivity index (χ4v) is 2.10. The van der Waals surface area contributed by atoms with Crippen LogP contribution in [0.25, 0.3) is 0 Å². The van der Waals surface area contributed by atoms with Crippen LogP contribution >= 0.6 is 11.6 Å². The molecule has 0 spiro atoms. The van der Waals surface area contributed by atoms with Crippen LogP contribution in [0.4, 0.5) is 10.1 Å². The van der Waals surface area contributed by atoms with Gasteiger partial charge in [0.2, 0.25) is 0 Å². The van der Waals surface area contributed by atoms with Gasteiger partial charge in [-0.3, -0.25) is 4.79 Å². The molecule has 0 unspecified atom stereocenters. The van der Waals surface area contributed by atoms with E-state index in [4.69, 9.17) is 21.1 Å². The van der Waals surface area contributed by atoms with Gasteiger partial charge in [0.25, 0.3) is 5.91 Å². The van der Waals surface area contributed by atoms with Gasteiger partial charge >= 0.3 is 5.97 Å². The van der Waals surface area contributed by atoms with Gasteiger partial charge in [0.1, 0.15) is 0 Å². The third kappa shape index (κ3) is 4.45. The van der Waals surface area contributed by atoms with Crippen molar-refractivity contribution in [2.24, 2.45) is 0 Å². The van der Waals surface area contributed by atoms with Crippen molar-refractivity contribution in [1.29, 1.82) is 0 Å². The van der Waals surface area contributed by atoms with Crippen LogP contribution in [0.2, 0.25) is 5.02 Å². The third-order valence-corrected chi connectivity index (χ3v) is 3.43. The van der Waals surface area contributed by atoms with Crippen LogP contribution in [0.5, 0.6) is 5.75 Å². The zero-order valence-electron chi connectivity index (χ0n) is 13.1. The van der Waals surface area contributed by atoms with E-state index in [1.54, 1.807) is 25.1 Å². The predicted octanol–water partition coefficient (Wildman–Crippen LogP) is 3.59. The van der Waals surface area contributed by atoms with E-state index < -0.39 is 24.3 Å². The maximum atomic E-state index is 13.6. The summed E-state index contributed by atoms with van der Waals surface area (Å²) in [7, 11) is 1.32. The normalized spacial score (nSPS) is 10.2. The Bertz CT molecular complexity index is 779. The van der Waals surface area contributed by atoms with Gasteiger partial charge in [-0.15, -0.1) is 0 Å². The molecule has 0 fully saturated rings. The lowest BCUT2D eigenvalue weighted by atomic mass is 10.2. The van der Waals surface area contributed by atoms with Crippen molar-refractivity contribution in [1.82, 2.24) is 0 Å². The number of aryl methyl sites for hydroxylation is 1. The molecule has 2 rings (SSSR count). The van der Waals surface area contributed by atoms with Gasteiger partial charge in [-0.25, -0.2) is 9.18 Å². The van der Waals surface area contributed by atoms with Crippen LogP contribution in [0.3, 0.4) is 0 Å². The van der Waals surface area contributed by atoms with Gasteiger partial charge in [0, 0.05) is 10.7 Å². The number of ether oxygens (including phenoxy) is 2. The average Bonchev–Trinajstić information content (AvgIpc) is 2.56. The standard InChI is InChI=1S/C17H15ClFNO4/c1-10-3-5-12(18)8-14(10)20-16(21)9-24-17(22)11-4-6-15(23-2)13(19)7-11/h3-8H,9H2,1-2H3,(H,20,21). The van der Waals surface area contributed by atoms with E-state index in [1.165, 1.54) is 19.2 Å². The summed E-state index contributed by atoms with van der Waals surface area (Å²) in [5.41, 5.74) is 1.33. The quantitative estimate of drug-likeness (QED) is 0.836. The molecule has 2 aromatic rings. The summed E-state index contributed by atoms with van der Waals surface area (Å²) >= 11 is 5.86. The summed E-state index contributed by atoms with van der Waals surface area (Å²) in [6.07, 6.45) is 0. The molecule has 24 heavy (non-hydrogen) atoms. The summed E-state index contributed by atoms with van der Waals surface area (Å²) < 4.78 is 23.2. The lowest BCUT2D eigenvalue weighted by Crippen LogP contribution is -2.21. The first-order chi connectivity index (χ1) is 11.4. The first-order valence-corrected chi connectivity index (χ1v) is 7.35. The maximum Gasteiger partial charge on any atom is 0.338 e. The number of nitrogens with one attached hydrogen (secondary N) is 1. The second kappa shape index (κ2) is 7.79. The van der Waals surface area contributed by atoms with Crippen LogP contribution in [-0.2, 0) is 9.53 Å². The topological polar surface area (TPSA) is 64.6 Å². The molecule has 126 valence electrons. The molecule has 1 amide bonds. The zero-order chi connectivity index (χ0) is 17.7. The minimum Gasteiger partial charge on any atom is -0.494 e. The Labute approximate surface area is 143 Å². The molecule has 0 bridgehead atoms. The lowest BCUT2D eigenvalue weighted by Gasteiger charge is -2.10. The summed E-state index contributed by atoms with van der Waals surface area (Å²) in [5.74, 6) is -2.01. The number of rotatable bonds is 5. The Balaban J connectivity index is 1.95. The van der Waals surface area contributed by atoms with Crippen LogP contribution in [0.15, 0.2) is 36.4 Å². The Morgan fingerprint density at radius 1 is 1.21 bits per heavy atom. The van der Waals surface area contributed by atoms with Gasteiger partial charge in [-0.05, 0) is 42.8 Å². The number of hydrogen-bond donors (Lipinski definition) is 1. The van der Waals surface area contributed by atoms with Crippen LogP contribution in [0.1, 0.15) is 15.9 Å². The van der Waals surface area contributed by atoms with Crippen molar-refractivity contribution >= 4 is 29.2 Å². The van der Waals surface area contributed by atoms with Crippen LogP contribution < -0.4 is 10.1 Å². The number of halogens is 2. The van der Waals surface area contributed by atoms with E-state index in [1.807, 2.05) is 0 Å². The van der Waals surface area contributed by atoms with E-state index in [-0.39, 0.29) is 11.3 Å². The molecule has 2 aromatic carbocycles. The highest BCUT2D eigenvalue weighted by molar-refractivity contribution is 6.31. The number of carbonyl (C=O) groups is 2. The molecule has 7 heteroatoms. The monoisotopic (exact) mass is 351 g/mol. The van der Waals surface area contributed by atoms with Crippen molar-refractivity contribution < 1.29 is 23.5 Å². The Kier molecular flexibility index (Phi) is 5.76. The van der Waals surface area contributed by atoms with E-state index in [0.29, 0.717) is 10.7 Å². The van der Waals surface area contributed by atoms with Crippen molar-refractivity contribution in [2.45, 2.75) is 6.92 Å². The molecular formula is C17H15ClFNO4. The van der Waals surface area contributed by atoms with Gasteiger partial charge in [0.05, 0.1) is 12.7 Å². The molecule has 0 radical (unpaired) electrons. The maximum absolute atomic E-state index is 13.6. The molecule has 0 atom stereocenters. The molecule has 0 saturated carbocycles. The fourth-order valence-electron chi connectivity index (χ4n) is 1.92. The third-order valence-electron chi connectivity index (χ3n) is 3.20. The summed E-state index contributed by atoms with van der Waals surface area (Å²) in [6.45, 7) is 1.30. The summed E-state index contributed by atoms with van der Waals surface area (Å²) in [5, 5.41) is 3.07. The summed E-state index contributed by atoms with van der Waals surface area (Å²) in [4.78, 5) is 23.7. The first-order valence-electron chi connectivity index (χ1n) is 6.97. The van der Waals surface area contributed by atoms with Crippen LogP contribution in [0, 0.1) is 12.7 Å². The number of benzene rings is 2. The number of anilines is 1. The largest absolute Gasteiger partial charge is 0.494 e. The molecular weight excluding hydrogens is 337 g/mol. The smallest absolute Gasteiger partial charge is 0.338 e. The average molecular weight is 352 g/mol. The first kappa shape index (κ1) is 17.7. The molecule has 1 N–H and O–H groups in total. The minimum absolute atomic E-state index is 0.0139. The lowest BCUT2D eigenvalue weighted by molar-refractivity contribution is -0.119. The number of methoxy groups -OCH3 is 1.